The maximum absolute atomic E-state index is 11.8. The zero-order valence-electron chi connectivity index (χ0n) is 10.1. The van der Waals surface area contributed by atoms with E-state index in [1.807, 2.05) is 4.90 Å². The molecule has 0 radical (unpaired) electrons. The summed E-state index contributed by atoms with van der Waals surface area (Å²) in [4.78, 5) is 13.7. The summed E-state index contributed by atoms with van der Waals surface area (Å²) in [5.74, 6) is 0.625. The Morgan fingerprint density at radius 2 is 2.27 bits per heavy atom. The Morgan fingerprint density at radius 1 is 1.60 bits per heavy atom. The van der Waals surface area contributed by atoms with Crippen molar-refractivity contribution >= 4 is 5.91 Å². The van der Waals surface area contributed by atoms with Gasteiger partial charge in [0.25, 0.3) is 0 Å². The highest BCUT2D eigenvalue weighted by molar-refractivity contribution is 5.81. The molecule has 4 heteroatoms. The first-order valence-electron chi connectivity index (χ1n) is 5.65. The van der Waals surface area contributed by atoms with E-state index in [9.17, 15) is 4.79 Å². The molecule has 1 saturated heterocycles. The molecule has 88 valence electrons. The zero-order chi connectivity index (χ0) is 11.4. The average molecular weight is 214 g/mol. The van der Waals surface area contributed by atoms with E-state index in [0.29, 0.717) is 19.1 Å². The maximum atomic E-state index is 11.8. The normalized spacial score (nSPS) is 23.9. The number of carbonyl (C=O) groups excluding carboxylic acids is 1. The highest BCUT2D eigenvalue weighted by Crippen LogP contribution is 2.18. The second-order valence-corrected chi connectivity index (χ2v) is 4.39. The minimum atomic E-state index is 0.164. The van der Waals surface area contributed by atoms with Gasteiger partial charge in [0.1, 0.15) is 0 Å². The Balaban J connectivity index is 2.73. The summed E-state index contributed by atoms with van der Waals surface area (Å²) in [7, 11) is 1.68. The van der Waals surface area contributed by atoms with Crippen LogP contribution in [0.4, 0.5) is 0 Å². The lowest BCUT2D eigenvalue weighted by molar-refractivity contribution is -0.132. The lowest BCUT2D eigenvalue weighted by Gasteiger charge is -2.33. The van der Waals surface area contributed by atoms with Gasteiger partial charge in [0.05, 0.1) is 25.4 Å². The van der Waals surface area contributed by atoms with Gasteiger partial charge in [-0.05, 0) is 12.3 Å². The molecular weight excluding hydrogens is 192 g/mol. The van der Waals surface area contributed by atoms with Crippen molar-refractivity contribution in [2.24, 2.45) is 5.92 Å². The van der Waals surface area contributed by atoms with Gasteiger partial charge in [-0.15, -0.1) is 0 Å². The summed E-state index contributed by atoms with van der Waals surface area (Å²) in [6.07, 6.45) is 1.10. The summed E-state index contributed by atoms with van der Waals surface area (Å²) in [6.45, 7) is 7.43. The van der Waals surface area contributed by atoms with Crippen LogP contribution in [0.2, 0.25) is 0 Å². The third-order valence-electron chi connectivity index (χ3n) is 2.91. The minimum absolute atomic E-state index is 0.164. The van der Waals surface area contributed by atoms with Gasteiger partial charge >= 0.3 is 0 Å². The first-order valence-corrected chi connectivity index (χ1v) is 5.65. The molecule has 0 aromatic rings. The Hall–Kier alpha value is -0.610. The van der Waals surface area contributed by atoms with E-state index in [2.05, 4.69) is 26.1 Å². The Bertz CT molecular complexity index is 219. The molecule has 0 saturated carbocycles. The predicted molar refractivity (Wildman–Crippen MR) is 59.4 cm³/mol. The molecule has 0 bridgehead atoms. The number of nitrogens with one attached hydrogen (secondary N) is 1. The highest BCUT2D eigenvalue weighted by atomic mass is 16.5. The predicted octanol–water partition coefficient (Wildman–Crippen LogP) is 0.825. The summed E-state index contributed by atoms with van der Waals surface area (Å²) in [5.41, 5.74) is 0. The third kappa shape index (κ3) is 2.69. The maximum Gasteiger partial charge on any atom is 0.238 e. The van der Waals surface area contributed by atoms with Gasteiger partial charge < -0.3 is 9.64 Å². The second kappa shape index (κ2) is 5.47. The number of methoxy groups -OCH3 is 1. The highest BCUT2D eigenvalue weighted by Gasteiger charge is 2.36. The molecule has 1 fully saturated rings. The van der Waals surface area contributed by atoms with E-state index in [1.54, 1.807) is 7.11 Å². The van der Waals surface area contributed by atoms with E-state index < -0.39 is 0 Å². The van der Waals surface area contributed by atoms with Gasteiger partial charge in [0, 0.05) is 7.11 Å². The van der Waals surface area contributed by atoms with E-state index in [0.717, 1.165) is 6.42 Å². The van der Waals surface area contributed by atoms with Crippen LogP contribution in [-0.2, 0) is 9.53 Å². The molecule has 0 aromatic carbocycles. The van der Waals surface area contributed by atoms with E-state index in [-0.39, 0.29) is 18.1 Å². The van der Waals surface area contributed by atoms with Crippen molar-refractivity contribution in [1.29, 1.82) is 0 Å². The largest absolute Gasteiger partial charge is 0.383 e. The van der Waals surface area contributed by atoms with Gasteiger partial charge in [0.2, 0.25) is 5.91 Å². The van der Waals surface area contributed by atoms with Crippen LogP contribution in [0.25, 0.3) is 0 Å². The fourth-order valence-corrected chi connectivity index (χ4v) is 2.11. The number of amides is 1. The summed E-state index contributed by atoms with van der Waals surface area (Å²) in [5, 5.41) is 3.25. The molecule has 1 rings (SSSR count). The van der Waals surface area contributed by atoms with Gasteiger partial charge in [-0.3, -0.25) is 10.1 Å². The Labute approximate surface area is 92.0 Å². The summed E-state index contributed by atoms with van der Waals surface area (Å²) >= 11 is 0. The monoisotopic (exact) mass is 214 g/mol. The standard InChI is InChI=1S/C11H22N2O2/c1-5-9(7-15-4)13-10(14)6-12-11(13)8(2)3/h8-9,11-12H,5-7H2,1-4H3. The molecule has 1 heterocycles. The second-order valence-electron chi connectivity index (χ2n) is 4.39. The van der Waals surface area contributed by atoms with Crippen molar-refractivity contribution in [1.82, 2.24) is 10.2 Å². The molecule has 0 spiro atoms. The van der Waals surface area contributed by atoms with Crippen molar-refractivity contribution in [3.8, 4) is 0 Å². The van der Waals surface area contributed by atoms with Crippen LogP contribution in [-0.4, -0.2) is 43.3 Å². The van der Waals surface area contributed by atoms with Gasteiger partial charge in [0.15, 0.2) is 0 Å². The summed E-state index contributed by atoms with van der Waals surface area (Å²) < 4.78 is 5.16. The molecule has 1 aliphatic rings. The smallest absolute Gasteiger partial charge is 0.238 e. The minimum Gasteiger partial charge on any atom is -0.383 e. The summed E-state index contributed by atoms with van der Waals surface area (Å²) in [6, 6.07) is 0.199. The molecule has 2 atom stereocenters. The zero-order valence-corrected chi connectivity index (χ0v) is 10.1. The van der Waals surface area contributed by atoms with E-state index >= 15 is 0 Å². The van der Waals surface area contributed by atoms with Crippen molar-refractivity contribution in [2.75, 3.05) is 20.3 Å². The third-order valence-corrected chi connectivity index (χ3v) is 2.91. The van der Waals surface area contributed by atoms with Crippen molar-refractivity contribution in [3.05, 3.63) is 0 Å². The van der Waals surface area contributed by atoms with Crippen molar-refractivity contribution in [2.45, 2.75) is 39.4 Å². The Morgan fingerprint density at radius 3 is 2.73 bits per heavy atom. The first-order chi connectivity index (χ1) is 7.11. The Kier molecular flexibility index (Phi) is 4.54. The molecule has 4 nitrogen and oxygen atoms in total. The van der Waals surface area contributed by atoms with Crippen LogP contribution in [0.3, 0.4) is 0 Å². The van der Waals surface area contributed by atoms with Crippen LogP contribution in [0.5, 0.6) is 0 Å². The molecule has 0 aromatic heterocycles. The number of carbonyl (C=O) groups is 1. The fourth-order valence-electron chi connectivity index (χ4n) is 2.11. The topological polar surface area (TPSA) is 41.6 Å². The van der Waals surface area contributed by atoms with Crippen molar-refractivity contribution < 1.29 is 9.53 Å². The van der Waals surface area contributed by atoms with E-state index in [4.69, 9.17) is 4.74 Å². The molecule has 2 unspecified atom stereocenters. The SMILES string of the molecule is CCC(COC)N1C(=O)CNC1C(C)C. The first kappa shape index (κ1) is 12.5. The van der Waals surface area contributed by atoms with Crippen LogP contribution < -0.4 is 5.32 Å². The van der Waals surface area contributed by atoms with Crippen LogP contribution >= 0.6 is 0 Å². The number of hydrogen-bond acceptors (Lipinski definition) is 3. The lowest BCUT2D eigenvalue weighted by atomic mass is 10.1. The molecule has 1 N–H and O–H groups in total. The van der Waals surface area contributed by atoms with Crippen LogP contribution in [0.1, 0.15) is 27.2 Å². The van der Waals surface area contributed by atoms with Gasteiger partial charge in [-0.2, -0.15) is 0 Å². The lowest BCUT2D eigenvalue weighted by Crippen LogP contribution is -2.48. The quantitative estimate of drug-likeness (QED) is 0.737. The molecular formula is C11H22N2O2. The molecule has 1 amide bonds. The molecule has 1 aliphatic heterocycles. The van der Waals surface area contributed by atoms with E-state index in [1.165, 1.54) is 0 Å². The molecule has 15 heavy (non-hydrogen) atoms. The number of hydrogen-bond donors (Lipinski definition) is 1. The van der Waals surface area contributed by atoms with Crippen LogP contribution in [0.15, 0.2) is 0 Å². The number of rotatable bonds is 5. The van der Waals surface area contributed by atoms with Crippen LogP contribution in [0, 0.1) is 5.92 Å². The van der Waals surface area contributed by atoms with Gasteiger partial charge in [-0.25, -0.2) is 0 Å². The van der Waals surface area contributed by atoms with Crippen molar-refractivity contribution in [3.63, 3.8) is 0 Å². The number of ether oxygens (including phenoxy) is 1. The van der Waals surface area contributed by atoms with Gasteiger partial charge in [-0.1, -0.05) is 20.8 Å². The fraction of sp³-hybridized carbons (Fsp3) is 0.909. The average Bonchev–Trinajstić information content (AvgIpc) is 2.57. The molecule has 0 aliphatic carbocycles. The number of nitrogens with zero attached hydrogens (tertiary/aromatic N) is 1.